The lowest BCUT2D eigenvalue weighted by Gasteiger charge is -2.09. The number of aliphatic hydroxyl groups is 2. The molecule has 0 bridgehead atoms. The first-order valence-electron chi connectivity index (χ1n) is 5.57. The molecule has 102 valence electrons. The van der Waals surface area contributed by atoms with Crippen LogP contribution in [-0.2, 0) is 19.1 Å². The molecule has 0 aromatic rings. The largest absolute Gasteiger partial charge is 0.463 e. The maximum Gasteiger partial charge on any atom is 0.330 e. The molecule has 0 saturated heterocycles. The van der Waals surface area contributed by atoms with Gasteiger partial charge in [-0.15, -0.1) is 0 Å². The smallest absolute Gasteiger partial charge is 0.330 e. The zero-order chi connectivity index (χ0) is 14.0. The van der Waals surface area contributed by atoms with Crippen LogP contribution in [0.15, 0.2) is 24.3 Å². The first kappa shape index (κ1) is 16.3. The molecule has 0 radical (unpaired) electrons. The van der Waals surface area contributed by atoms with Crippen LogP contribution in [0.5, 0.6) is 0 Å². The number of hydrogen-bond donors (Lipinski definition) is 2. The lowest BCUT2D eigenvalue weighted by molar-refractivity contribution is -0.138. The van der Waals surface area contributed by atoms with Gasteiger partial charge in [-0.2, -0.15) is 0 Å². The number of esters is 2. The molecule has 0 amide bonds. The molecule has 0 spiro atoms. The number of carbonyl (C=O) groups excluding carboxylic acids is 2. The van der Waals surface area contributed by atoms with Crippen LogP contribution >= 0.6 is 0 Å². The van der Waals surface area contributed by atoms with Crippen molar-refractivity contribution < 1.29 is 29.3 Å². The van der Waals surface area contributed by atoms with Gasteiger partial charge < -0.3 is 19.7 Å². The van der Waals surface area contributed by atoms with Crippen LogP contribution in [0.25, 0.3) is 0 Å². The molecule has 2 N–H and O–H groups in total. The summed E-state index contributed by atoms with van der Waals surface area (Å²) in [6, 6.07) is 0. The fourth-order valence-corrected chi connectivity index (χ4v) is 0.963. The fourth-order valence-electron chi connectivity index (χ4n) is 0.963. The Labute approximate surface area is 106 Å². The molecule has 18 heavy (non-hydrogen) atoms. The fraction of sp³-hybridized carbons (Fsp3) is 0.500. The van der Waals surface area contributed by atoms with Crippen molar-refractivity contribution in [3.63, 3.8) is 0 Å². The van der Waals surface area contributed by atoms with Gasteiger partial charge in [-0.05, 0) is 26.0 Å². The molecule has 0 heterocycles. The number of hydrogen-bond acceptors (Lipinski definition) is 6. The Morgan fingerprint density at radius 1 is 0.944 bits per heavy atom. The standard InChI is InChI=1S/C12H18O6/c1-3-17-11(15)7-5-9(13)10(14)6-8-12(16)18-4-2/h5-10,13-14H,3-4H2,1-2H3/t9-,10-/m0/s1. The van der Waals surface area contributed by atoms with E-state index in [1.54, 1.807) is 13.8 Å². The van der Waals surface area contributed by atoms with Gasteiger partial charge >= 0.3 is 11.9 Å². The van der Waals surface area contributed by atoms with Crippen molar-refractivity contribution in [1.82, 2.24) is 0 Å². The summed E-state index contributed by atoms with van der Waals surface area (Å²) in [5.74, 6) is -1.23. The Balaban J connectivity index is 4.21. The predicted molar refractivity (Wildman–Crippen MR) is 63.6 cm³/mol. The second-order valence-corrected chi connectivity index (χ2v) is 3.20. The highest BCUT2D eigenvalue weighted by atomic mass is 16.5. The highest BCUT2D eigenvalue weighted by Crippen LogP contribution is 1.99. The van der Waals surface area contributed by atoms with Gasteiger partial charge in [-0.3, -0.25) is 0 Å². The molecule has 0 aromatic heterocycles. The average Bonchev–Trinajstić information content (AvgIpc) is 2.33. The van der Waals surface area contributed by atoms with Crippen molar-refractivity contribution in [2.75, 3.05) is 13.2 Å². The van der Waals surface area contributed by atoms with E-state index in [0.29, 0.717) is 0 Å². The Bertz CT molecular complexity index is 289. The topological polar surface area (TPSA) is 93.1 Å². The van der Waals surface area contributed by atoms with Gasteiger partial charge in [0.2, 0.25) is 0 Å². The van der Waals surface area contributed by atoms with Crippen molar-refractivity contribution >= 4 is 11.9 Å². The van der Waals surface area contributed by atoms with E-state index in [1.165, 1.54) is 0 Å². The minimum atomic E-state index is -1.31. The molecule has 6 heteroatoms. The van der Waals surface area contributed by atoms with E-state index in [0.717, 1.165) is 24.3 Å². The van der Waals surface area contributed by atoms with Crippen molar-refractivity contribution in [2.45, 2.75) is 26.1 Å². The molecule has 0 aliphatic rings. The van der Waals surface area contributed by atoms with E-state index in [9.17, 15) is 19.8 Å². The minimum absolute atomic E-state index is 0.227. The van der Waals surface area contributed by atoms with Crippen molar-refractivity contribution in [2.24, 2.45) is 0 Å². The summed E-state index contributed by atoms with van der Waals surface area (Å²) in [5, 5.41) is 18.9. The van der Waals surface area contributed by atoms with Gasteiger partial charge in [0.25, 0.3) is 0 Å². The summed E-state index contributed by atoms with van der Waals surface area (Å²) in [6.45, 7) is 3.76. The minimum Gasteiger partial charge on any atom is -0.463 e. The molecule has 0 aliphatic heterocycles. The van der Waals surface area contributed by atoms with Crippen LogP contribution < -0.4 is 0 Å². The van der Waals surface area contributed by atoms with Gasteiger partial charge in [-0.25, -0.2) is 9.59 Å². The number of aliphatic hydroxyl groups excluding tert-OH is 2. The van der Waals surface area contributed by atoms with E-state index in [-0.39, 0.29) is 13.2 Å². The van der Waals surface area contributed by atoms with Crippen LogP contribution in [0.4, 0.5) is 0 Å². The molecular weight excluding hydrogens is 240 g/mol. The normalized spacial score (nSPS) is 14.7. The number of rotatable bonds is 7. The van der Waals surface area contributed by atoms with Crippen molar-refractivity contribution in [3.8, 4) is 0 Å². The van der Waals surface area contributed by atoms with Gasteiger partial charge in [0.1, 0.15) is 12.2 Å². The van der Waals surface area contributed by atoms with E-state index in [2.05, 4.69) is 9.47 Å². The highest BCUT2D eigenvalue weighted by Gasteiger charge is 2.10. The van der Waals surface area contributed by atoms with E-state index >= 15 is 0 Å². The molecule has 0 unspecified atom stereocenters. The van der Waals surface area contributed by atoms with Gasteiger partial charge in [0.05, 0.1) is 13.2 Å². The third-order valence-electron chi connectivity index (χ3n) is 1.78. The molecule has 0 fully saturated rings. The van der Waals surface area contributed by atoms with Crippen LogP contribution in [0.2, 0.25) is 0 Å². The molecule has 0 aromatic carbocycles. The van der Waals surface area contributed by atoms with Crippen LogP contribution in [0.3, 0.4) is 0 Å². The van der Waals surface area contributed by atoms with Crippen molar-refractivity contribution in [1.29, 1.82) is 0 Å². The molecule has 0 saturated carbocycles. The van der Waals surface area contributed by atoms with E-state index in [4.69, 9.17) is 0 Å². The first-order chi connectivity index (χ1) is 8.51. The monoisotopic (exact) mass is 258 g/mol. The number of carbonyl (C=O) groups is 2. The number of ether oxygens (including phenoxy) is 2. The average molecular weight is 258 g/mol. The quantitative estimate of drug-likeness (QED) is 0.491. The Hall–Kier alpha value is -1.66. The summed E-state index contributed by atoms with van der Waals surface area (Å²) in [6.07, 6.45) is 1.57. The predicted octanol–water partition coefficient (Wildman–Crippen LogP) is -0.0532. The molecule has 0 rings (SSSR count). The third kappa shape index (κ3) is 7.59. The lowest BCUT2D eigenvalue weighted by Crippen LogP contribution is -2.22. The second-order valence-electron chi connectivity index (χ2n) is 3.20. The molecular formula is C12H18O6. The Kier molecular flexibility index (Phi) is 8.51. The van der Waals surface area contributed by atoms with Gasteiger partial charge in [0.15, 0.2) is 0 Å². The third-order valence-corrected chi connectivity index (χ3v) is 1.78. The summed E-state index contributed by atoms with van der Waals surface area (Å²) in [7, 11) is 0. The summed E-state index contributed by atoms with van der Waals surface area (Å²) in [5.41, 5.74) is 0. The SMILES string of the molecule is CCOC(=O)C=C[C@H](O)[C@@H](O)C=CC(=O)OCC. The van der Waals surface area contributed by atoms with Crippen LogP contribution in [-0.4, -0.2) is 47.6 Å². The molecule has 6 nitrogen and oxygen atoms in total. The maximum absolute atomic E-state index is 10.9. The van der Waals surface area contributed by atoms with E-state index in [1.807, 2.05) is 0 Å². The Morgan fingerprint density at radius 2 is 1.28 bits per heavy atom. The second kappa shape index (κ2) is 9.38. The maximum atomic E-state index is 10.9. The van der Waals surface area contributed by atoms with Crippen molar-refractivity contribution in [3.05, 3.63) is 24.3 Å². The molecule has 2 atom stereocenters. The van der Waals surface area contributed by atoms with Crippen LogP contribution in [0.1, 0.15) is 13.8 Å². The summed E-state index contributed by atoms with van der Waals surface area (Å²) >= 11 is 0. The van der Waals surface area contributed by atoms with Gasteiger partial charge in [-0.1, -0.05) is 0 Å². The van der Waals surface area contributed by atoms with E-state index < -0.39 is 24.1 Å². The summed E-state index contributed by atoms with van der Waals surface area (Å²) < 4.78 is 9.18. The highest BCUT2D eigenvalue weighted by molar-refractivity contribution is 5.82. The summed E-state index contributed by atoms with van der Waals surface area (Å²) in [4.78, 5) is 21.9. The van der Waals surface area contributed by atoms with Gasteiger partial charge in [0, 0.05) is 12.2 Å². The Morgan fingerprint density at radius 3 is 1.56 bits per heavy atom. The molecule has 0 aliphatic carbocycles. The van der Waals surface area contributed by atoms with Crippen LogP contribution in [0, 0.1) is 0 Å². The zero-order valence-electron chi connectivity index (χ0n) is 10.4. The zero-order valence-corrected chi connectivity index (χ0v) is 10.4. The lowest BCUT2D eigenvalue weighted by atomic mass is 10.2. The first-order valence-corrected chi connectivity index (χ1v) is 5.57.